The maximum absolute atomic E-state index is 5.84. The van der Waals surface area contributed by atoms with Gasteiger partial charge in [-0.15, -0.1) is 0 Å². The lowest BCUT2D eigenvalue weighted by Crippen LogP contribution is -2.00. The molecule has 0 atom stereocenters. The van der Waals surface area contributed by atoms with Crippen molar-refractivity contribution < 1.29 is 0 Å². The zero-order chi connectivity index (χ0) is 11.8. The van der Waals surface area contributed by atoms with Crippen molar-refractivity contribution in [1.82, 2.24) is 14.6 Å². The Bertz CT molecular complexity index is 670. The first-order valence-electron chi connectivity index (χ1n) is 5.42. The Morgan fingerprint density at radius 3 is 2.71 bits per heavy atom. The highest BCUT2D eigenvalue weighted by atomic mass is 15.3. The lowest BCUT2D eigenvalue weighted by molar-refractivity contribution is 0.950. The minimum absolute atomic E-state index is 0.514. The summed E-state index contributed by atoms with van der Waals surface area (Å²) in [6.07, 6.45) is 1.80. The number of nitrogens with two attached hydrogens (primary N) is 1. The summed E-state index contributed by atoms with van der Waals surface area (Å²) in [6.45, 7) is 1.98. The van der Waals surface area contributed by atoms with Gasteiger partial charge in [0.15, 0.2) is 5.65 Å². The molecular formula is C13H12N4. The van der Waals surface area contributed by atoms with Gasteiger partial charge < -0.3 is 5.73 Å². The van der Waals surface area contributed by atoms with E-state index >= 15 is 0 Å². The Balaban J connectivity index is 2.36. The van der Waals surface area contributed by atoms with Crippen LogP contribution in [0.2, 0.25) is 0 Å². The van der Waals surface area contributed by atoms with Crippen LogP contribution >= 0.6 is 0 Å². The number of aryl methyl sites for hydroxylation is 1. The molecule has 4 heteroatoms. The second-order valence-corrected chi connectivity index (χ2v) is 4.00. The average molecular weight is 224 g/mol. The standard InChI is InChI=1S/C13H12N4/c1-9-8-15-17-11(7-12(14)16-13(9)17)10-5-3-2-4-6-10/h2-8H,1H3,(H2,14,16). The molecule has 3 aromatic rings. The molecule has 0 saturated carbocycles. The zero-order valence-corrected chi connectivity index (χ0v) is 9.46. The highest BCUT2D eigenvalue weighted by molar-refractivity contribution is 5.67. The summed E-state index contributed by atoms with van der Waals surface area (Å²) >= 11 is 0. The van der Waals surface area contributed by atoms with E-state index < -0.39 is 0 Å². The lowest BCUT2D eigenvalue weighted by atomic mass is 10.1. The third-order valence-corrected chi connectivity index (χ3v) is 2.74. The van der Waals surface area contributed by atoms with E-state index in [-0.39, 0.29) is 0 Å². The number of fused-ring (bicyclic) bond motifs is 1. The molecular weight excluding hydrogens is 212 g/mol. The molecule has 0 spiro atoms. The third kappa shape index (κ3) is 1.54. The number of nitrogen functional groups attached to an aromatic ring is 1. The molecule has 1 aromatic carbocycles. The molecule has 84 valence electrons. The first-order valence-corrected chi connectivity index (χ1v) is 5.42. The smallest absolute Gasteiger partial charge is 0.160 e. The van der Waals surface area contributed by atoms with E-state index in [0.717, 1.165) is 22.5 Å². The number of nitrogens with zero attached hydrogens (tertiary/aromatic N) is 3. The summed E-state index contributed by atoms with van der Waals surface area (Å²) in [5.41, 5.74) is 9.71. The first kappa shape index (κ1) is 9.84. The van der Waals surface area contributed by atoms with E-state index in [1.54, 1.807) is 6.20 Å². The average Bonchev–Trinajstić information content (AvgIpc) is 2.72. The van der Waals surface area contributed by atoms with Crippen LogP contribution in [0.3, 0.4) is 0 Å². The summed E-state index contributed by atoms with van der Waals surface area (Å²) in [7, 11) is 0. The maximum atomic E-state index is 5.84. The SMILES string of the molecule is Cc1cnn2c(-c3ccccc3)cc(N)nc12. The maximum Gasteiger partial charge on any atom is 0.160 e. The lowest BCUT2D eigenvalue weighted by Gasteiger charge is -2.06. The van der Waals surface area contributed by atoms with Crippen molar-refractivity contribution >= 4 is 11.5 Å². The van der Waals surface area contributed by atoms with Crippen molar-refractivity contribution in [3.63, 3.8) is 0 Å². The highest BCUT2D eigenvalue weighted by Crippen LogP contribution is 2.22. The van der Waals surface area contributed by atoms with Crippen LogP contribution in [0.15, 0.2) is 42.6 Å². The van der Waals surface area contributed by atoms with Gasteiger partial charge in [-0.05, 0) is 6.92 Å². The van der Waals surface area contributed by atoms with Gasteiger partial charge in [0.2, 0.25) is 0 Å². The fourth-order valence-corrected chi connectivity index (χ4v) is 1.91. The van der Waals surface area contributed by atoms with Gasteiger partial charge in [0, 0.05) is 17.2 Å². The van der Waals surface area contributed by atoms with Gasteiger partial charge in [-0.1, -0.05) is 30.3 Å². The van der Waals surface area contributed by atoms with Crippen molar-refractivity contribution in [2.45, 2.75) is 6.92 Å². The number of benzene rings is 1. The van der Waals surface area contributed by atoms with Gasteiger partial charge in [-0.2, -0.15) is 5.10 Å². The molecule has 2 N–H and O–H groups in total. The molecule has 3 rings (SSSR count). The Labute approximate surface area is 98.7 Å². The summed E-state index contributed by atoms with van der Waals surface area (Å²) in [6, 6.07) is 11.9. The summed E-state index contributed by atoms with van der Waals surface area (Å²) < 4.78 is 1.82. The molecule has 17 heavy (non-hydrogen) atoms. The Morgan fingerprint density at radius 2 is 1.94 bits per heavy atom. The minimum Gasteiger partial charge on any atom is -0.384 e. The van der Waals surface area contributed by atoms with Crippen LogP contribution in [0, 0.1) is 6.92 Å². The summed E-state index contributed by atoms with van der Waals surface area (Å²) in [5, 5.41) is 4.33. The normalized spacial score (nSPS) is 10.9. The summed E-state index contributed by atoms with van der Waals surface area (Å²) in [5.74, 6) is 0.514. The molecule has 0 radical (unpaired) electrons. The first-order chi connectivity index (χ1) is 8.25. The molecule has 0 unspecified atom stereocenters. The van der Waals surface area contributed by atoms with Crippen LogP contribution in [0.4, 0.5) is 5.82 Å². The molecule has 0 bridgehead atoms. The van der Waals surface area contributed by atoms with Gasteiger partial charge >= 0.3 is 0 Å². The summed E-state index contributed by atoms with van der Waals surface area (Å²) in [4.78, 5) is 4.30. The van der Waals surface area contributed by atoms with E-state index in [0.29, 0.717) is 5.82 Å². The van der Waals surface area contributed by atoms with E-state index in [4.69, 9.17) is 5.73 Å². The van der Waals surface area contributed by atoms with E-state index in [9.17, 15) is 0 Å². The number of rotatable bonds is 1. The molecule has 4 nitrogen and oxygen atoms in total. The number of hydrogen-bond donors (Lipinski definition) is 1. The quantitative estimate of drug-likeness (QED) is 0.690. The van der Waals surface area contributed by atoms with Gasteiger partial charge in [0.1, 0.15) is 5.82 Å². The van der Waals surface area contributed by atoms with Crippen LogP contribution in [-0.4, -0.2) is 14.6 Å². The molecule has 2 heterocycles. The van der Waals surface area contributed by atoms with Crippen molar-refractivity contribution in [3.8, 4) is 11.3 Å². The molecule has 0 saturated heterocycles. The highest BCUT2D eigenvalue weighted by Gasteiger charge is 2.09. The fraction of sp³-hybridized carbons (Fsp3) is 0.0769. The molecule has 0 aliphatic carbocycles. The predicted molar refractivity (Wildman–Crippen MR) is 67.6 cm³/mol. The molecule has 0 aliphatic heterocycles. The van der Waals surface area contributed by atoms with Gasteiger partial charge in [-0.25, -0.2) is 9.50 Å². The van der Waals surface area contributed by atoms with Crippen LogP contribution in [0.5, 0.6) is 0 Å². The number of hydrogen-bond acceptors (Lipinski definition) is 3. The molecule has 0 fully saturated rings. The second kappa shape index (κ2) is 3.59. The third-order valence-electron chi connectivity index (χ3n) is 2.74. The fourth-order valence-electron chi connectivity index (χ4n) is 1.91. The van der Waals surface area contributed by atoms with Crippen molar-refractivity contribution in [1.29, 1.82) is 0 Å². The van der Waals surface area contributed by atoms with Gasteiger partial charge in [0.25, 0.3) is 0 Å². The number of aromatic nitrogens is 3. The minimum atomic E-state index is 0.514. The zero-order valence-electron chi connectivity index (χ0n) is 9.46. The van der Waals surface area contributed by atoms with Crippen molar-refractivity contribution in [2.24, 2.45) is 0 Å². The van der Waals surface area contributed by atoms with Crippen LogP contribution in [-0.2, 0) is 0 Å². The van der Waals surface area contributed by atoms with Crippen molar-refractivity contribution in [3.05, 3.63) is 48.2 Å². The van der Waals surface area contributed by atoms with Gasteiger partial charge in [0.05, 0.1) is 11.9 Å². The van der Waals surface area contributed by atoms with Gasteiger partial charge in [-0.3, -0.25) is 0 Å². The van der Waals surface area contributed by atoms with E-state index in [2.05, 4.69) is 10.1 Å². The topological polar surface area (TPSA) is 56.2 Å². The van der Waals surface area contributed by atoms with Crippen molar-refractivity contribution in [2.75, 3.05) is 5.73 Å². The van der Waals surface area contributed by atoms with E-state index in [1.165, 1.54) is 0 Å². The van der Waals surface area contributed by atoms with E-state index in [1.807, 2.05) is 47.8 Å². The Morgan fingerprint density at radius 1 is 1.18 bits per heavy atom. The predicted octanol–water partition coefficient (Wildman–Crippen LogP) is 2.29. The van der Waals surface area contributed by atoms with Crippen LogP contribution < -0.4 is 5.73 Å². The Hall–Kier alpha value is -2.36. The monoisotopic (exact) mass is 224 g/mol. The Kier molecular flexibility index (Phi) is 2.08. The van der Waals surface area contributed by atoms with Crippen LogP contribution in [0.1, 0.15) is 5.56 Å². The van der Waals surface area contributed by atoms with Crippen LogP contribution in [0.25, 0.3) is 16.9 Å². The number of anilines is 1. The molecule has 0 amide bonds. The largest absolute Gasteiger partial charge is 0.384 e. The molecule has 2 aromatic heterocycles. The molecule has 0 aliphatic rings. The second-order valence-electron chi connectivity index (χ2n) is 4.00.